The SMILES string of the molecule is Cn1ncc2c(=O)n(CC(N)C3CCCCC3)cnc21. The van der Waals surface area contributed by atoms with Crippen molar-refractivity contribution in [1.29, 1.82) is 0 Å². The quantitative estimate of drug-likeness (QED) is 0.907. The van der Waals surface area contributed by atoms with Gasteiger partial charge in [-0.05, 0) is 18.8 Å². The van der Waals surface area contributed by atoms with Crippen LogP contribution in [0.2, 0.25) is 0 Å². The molecule has 20 heavy (non-hydrogen) atoms. The van der Waals surface area contributed by atoms with Crippen molar-refractivity contribution in [2.45, 2.75) is 44.7 Å². The van der Waals surface area contributed by atoms with E-state index in [1.807, 2.05) is 0 Å². The van der Waals surface area contributed by atoms with E-state index in [9.17, 15) is 4.79 Å². The van der Waals surface area contributed by atoms with Crippen LogP contribution in [0, 0.1) is 5.92 Å². The van der Waals surface area contributed by atoms with Crippen LogP contribution in [0.4, 0.5) is 0 Å². The minimum absolute atomic E-state index is 0.0314. The lowest BCUT2D eigenvalue weighted by molar-refractivity contribution is 0.283. The van der Waals surface area contributed by atoms with Gasteiger partial charge in [0.1, 0.15) is 11.7 Å². The second-order valence-electron chi connectivity index (χ2n) is 5.77. The molecule has 0 aliphatic heterocycles. The van der Waals surface area contributed by atoms with Gasteiger partial charge in [0.15, 0.2) is 5.65 Å². The van der Waals surface area contributed by atoms with E-state index in [1.54, 1.807) is 28.8 Å². The highest BCUT2D eigenvalue weighted by Crippen LogP contribution is 2.26. The first-order chi connectivity index (χ1) is 9.66. The van der Waals surface area contributed by atoms with Crippen molar-refractivity contribution in [3.63, 3.8) is 0 Å². The summed E-state index contributed by atoms with van der Waals surface area (Å²) in [5, 5.41) is 4.64. The van der Waals surface area contributed by atoms with E-state index in [0.717, 1.165) is 0 Å². The summed E-state index contributed by atoms with van der Waals surface area (Å²) < 4.78 is 3.24. The van der Waals surface area contributed by atoms with Crippen molar-refractivity contribution < 1.29 is 0 Å². The van der Waals surface area contributed by atoms with Crippen LogP contribution in [0.5, 0.6) is 0 Å². The second-order valence-corrected chi connectivity index (χ2v) is 5.77. The third-order valence-corrected chi connectivity index (χ3v) is 4.38. The van der Waals surface area contributed by atoms with E-state index in [2.05, 4.69) is 10.1 Å². The van der Waals surface area contributed by atoms with Gasteiger partial charge in [-0.1, -0.05) is 19.3 Å². The summed E-state index contributed by atoms with van der Waals surface area (Å²) in [6.45, 7) is 0.543. The first-order valence-electron chi connectivity index (χ1n) is 7.29. The maximum Gasteiger partial charge on any atom is 0.264 e. The van der Waals surface area contributed by atoms with E-state index in [1.165, 1.54) is 32.1 Å². The lowest BCUT2D eigenvalue weighted by atomic mass is 9.84. The van der Waals surface area contributed by atoms with Gasteiger partial charge in [-0.3, -0.25) is 14.0 Å². The Morgan fingerprint density at radius 1 is 1.40 bits per heavy atom. The van der Waals surface area contributed by atoms with Crippen molar-refractivity contribution >= 4 is 11.0 Å². The maximum atomic E-state index is 12.4. The van der Waals surface area contributed by atoms with Gasteiger partial charge in [0.05, 0.1) is 6.20 Å². The lowest BCUT2D eigenvalue weighted by Gasteiger charge is -2.27. The zero-order valence-corrected chi connectivity index (χ0v) is 11.8. The largest absolute Gasteiger partial charge is 0.326 e. The van der Waals surface area contributed by atoms with Crippen LogP contribution in [-0.2, 0) is 13.6 Å². The highest BCUT2D eigenvalue weighted by molar-refractivity contribution is 5.72. The van der Waals surface area contributed by atoms with Gasteiger partial charge in [0.2, 0.25) is 0 Å². The number of fused-ring (bicyclic) bond motifs is 1. The van der Waals surface area contributed by atoms with Crippen molar-refractivity contribution in [2.24, 2.45) is 18.7 Å². The number of aromatic nitrogens is 4. The molecule has 2 heterocycles. The molecule has 1 atom stereocenters. The van der Waals surface area contributed by atoms with E-state index in [-0.39, 0.29) is 11.6 Å². The molecule has 108 valence electrons. The Morgan fingerprint density at radius 2 is 2.15 bits per heavy atom. The molecular weight excluding hydrogens is 254 g/mol. The van der Waals surface area contributed by atoms with Crippen LogP contribution in [0.25, 0.3) is 11.0 Å². The average molecular weight is 275 g/mol. The van der Waals surface area contributed by atoms with Crippen molar-refractivity contribution in [3.8, 4) is 0 Å². The molecule has 1 aliphatic carbocycles. The molecule has 0 amide bonds. The predicted molar refractivity (Wildman–Crippen MR) is 77.3 cm³/mol. The summed E-state index contributed by atoms with van der Waals surface area (Å²) in [6, 6.07) is 0.0314. The Morgan fingerprint density at radius 3 is 2.90 bits per heavy atom. The Kier molecular flexibility index (Phi) is 3.56. The third-order valence-electron chi connectivity index (χ3n) is 4.38. The topological polar surface area (TPSA) is 78.7 Å². The van der Waals surface area contributed by atoms with Crippen LogP contribution in [-0.4, -0.2) is 25.4 Å². The molecule has 0 spiro atoms. The van der Waals surface area contributed by atoms with Crippen LogP contribution in [0.3, 0.4) is 0 Å². The van der Waals surface area contributed by atoms with Gasteiger partial charge in [-0.15, -0.1) is 0 Å². The molecule has 6 heteroatoms. The number of hydrogen-bond acceptors (Lipinski definition) is 4. The first-order valence-corrected chi connectivity index (χ1v) is 7.29. The zero-order chi connectivity index (χ0) is 14.1. The Bertz CT molecular complexity index is 653. The molecule has 2 aromatic heterocycles. The van der Waals surface area contributed by atoms with Gasteiger partial charge in [-0.2, -0.15) is 5.10 Å². The van der Waals surface area contributed by atoms with Crippen molar-refractivity contribution in [2.75, 3.05) is 0 Å². The summed E-state index contributed by atoms with van der Waals surface area (Å²) >= 11 is 0. The van der Waals surface area contributed by atoms with Gasteiger partial charge < -0.3 is 5.73 Å². The summed E-state index contributed by atoms with van der Waals surface area (Å²) in [7, 11) is 1.78. The van der Waals surface area contributed by atoms with Gasteiger partial charge in [-0.25, -0.2) is 4.98 Å². The Balaban J connectivity index is 1.83. The molecule has 1 saturated carbocycles. The molecule has 0 aromatic carbocycles. The molecule has 0 radical (unpaired) electrons. The van der Waals surface area contributed by atoms with E-state index in [4.69, 9.17) is 5.73 Å². The van der Waals surface area contributed by atoms with E-state index >= 15 is 0 Å². The molecule has 6 nitrogen and oxygen atoms in total. The fourth-order valence-electron chi connectivity index (χ4n) is 3.14. The Labute approximate surface area is 117 Å². The van der Waals surface area contributed by atoms with Crippen LogP contribution < -0.4 is 11.3 Å². The lowest BCUT2D eigenvalue weighted by Crippen LogP contribution is -2.38. The molecule has 1 aliphatic rings. The van der Waals surface area contributed by atoms with Gasteiger partial charge >= 0.3 is 0 Å². The number of aryl methyl sites for hydroxylation is 1. The second kappa shape index (κ2) is 5.36. The standard InChI is InChI=1S/C14H21N5O/c1-18-13-11(7-17-18)14(20)19(9-16-13)8-12(15)10-5-3-2-4-6-10/h7,9-10,12H,2-6,8,15H2,1H3. The number of rotatable bonds is 3. The van der Waals surface area contributed by atoms with Crippen LogP contribution in [0.15, 0.2) is 17.3 Å². The molecule has 1 unspecified atom stereocenters. The summed E-state index contributed by atoms with van der Waals surface area (Å²) in [4.78, 5) is 16.7. The molecule has 2 N–H and O–H groups in total. The predicted octanol–water partition coefficient (Wildman–Crippen LogP) is 1.04. The number of nitrogens with two attached hydrogens (primary N) is 1. The van der Waals surface area contributed by atoms with Gasteiger partial charge in [0, 0.05) is 19.6 Å². The summed E-state index contributed by atoms with van der Waals surface area (Å²) in [6.07, 6.45) is 9.35. The number of hydrogen-bond donors (Lipinski definition) is 1. The van der Waals surface area contributed by atoms with Crippen molar-refractivity contribution in [1.82, 2.24) is 19.3 Å². The minimum atomic E-state index is -0.0469. The highest BCUT2D eigenvalue weighted by atomic mass is 16.1. The number of nitrogens with zero attached hydrogens (tertiary/aromatic N) is 4. The monoisotopic (exact) mass is 275 g/mol. The fraction of sp³-hybridized carbons (Fsp3) is 0.643. The zero-order valence-electron chi connectivity index (χ0n) is 11.8. The van der Waals surface area contributed by atoms with Crippen molar-refractivity contribution in [3.05, 3.63) is 22.9 Å². The first kappa shape index (κ1) is 13.3. The molecule has 2 aromatic rings. The smallest absolute Gasteiger partial charge is 0.264 e. The minimum Gasteiger partial charge on any atom is -0.326 e. The summed E-state index contributed by atoms with van der Waals surface area (Å²) in [5.74, 6) is 0.528. The normalized spacial score (nSPS) is 18.5. The maximum absolute atomic E-state index is 12.4. The average Bonchev–Trinajstić information content (AvgIpc) is 2.85. The third kappa shape index (κ3) is 2.35. The van der Waals surface area contributed by atoms with E-state index in [0.29, 0.717) is 23.5 Å². The summed E-state index contributed by atoms with van der Waals surface area (Å²) in [5.41, 5.74) is 6.87. The molecule has 0 bridgehead atoms. The molecule has 1 fully saturated rings. The highest BCUT2D eigenvalue weighted by Gasteiger charge is 2.21. The fourth-order valence-corrected chi connectivity index (χ4v) is 3.14. The molecule has 0 saturated heterocycles. The van der Waals surface area contributed by atoms with Gasteiger partial charge in [0.25, 0.3) is 5.56 Å². The van der Waals surface area contributed by atoms with Crippen LogP contribution >= 0.6 is 0 Å². The Hall–Kier alpha value is -1.69. The van der Waals surface area contributed by atoms with E-state index < -0.39 is 0 Å². The van der Waals surface area contributed by atoms with Crippen LogP contribution in [0.1, 0.15) is 32.1 Å². The molecule has 3 rings (SSSR count). The molecular formula is C14H21N5O.